The average Bonchev–Trinajstić information content (AvgIpc) is 3.19. The Morgan fingerprint density at radius 1 is 0.909 bits per heavy atom. The van der Waals surface area contributed by atoms with Gasteiger partial charge in [0.1, 0.15) is 11.6 Å². The van der Waals surface area contributed by atoms with E-state index in [9.17, 15) is 14.0 Å². The van der Waals surface area contributed by atoms with Crippen molar-refractivity contribution in [2.45, 2.75) is 17.3 Å². The van der Waals surface area contributed by atoms with Crippen LogP contribution in [-0.2, 0) is 12.2 Å². The van der Waals surface area contributed by atoms with Gasteiger partial charge in [0, 0.05) is 29.6 Å². The highest BCUT2D eigenvalue weighted by molar-refractivity contribution is 7.98. The number of hydrogen-bond acceptors (Lipinski definition) is 5. The number of rotatable bonds is 6. The Hall–Kier alpha value is -3.98. The molecule has 3 aromatic carbocycles. The molecule has 0 aliphatic rings. The first-order valence-electron chi connectivity index (χ1n) is 10.2. The van der Waals surface area contributed by atoms with Gasteiger partial charge in [0.15, 0.2) is 5.16 Å². The predicted molar refractivity (Wildman–Crippen MR) is 125 cm³/mol. The summed E-state index contributed by atoms with van der Waals surface area (Å²) < 4.78 is 15.4. The smallest absolute Gasteiger partial charge is 0.311 e. The molecule has 0 fully saturated rings. The highest BCUT2D eigenvalue weighted by Gasteiger charge is 2.16. The van der Waals surface area contributed by atoms with Crippen molar-refractivity contribution in [3.05, 3.63) is 117 Å². The second-order valence-corrected chi connectivity index (χ2v) is 8.37. The number of aromatic amines is 2. The molecule has 0 spiro atoms. The van der Waals surface area contributed by atoms with Crippen LogP contribution in [0.3, 0.4) is 0 Å². The number of benzene rings is 3. The Kier molecular flexibility index (Phi) is 5.62. The van der Waals surface area contributed by atoms with Crippen molar-refractivity contribution in [3.63, 3.8) is 0 Å². The molecule has 0 aliphatic carbocycles. The first-order chi connectivity index (χ1) is 16.1. The van der Waals surface area contributed by atoms with Gasteiger partial charge < -0.3 is 4.98 Å². The summed E-state index contributed by atoms with van der Waals surface area (Å²) >= 11 is 1.51. The monoisotopic (exact) mass is 459 g/mol. The van der Waals surface area contributed by atoms with Crippen LogP contribution in [0.5, 0.6) is 0 Å². The lowest BCUT2D eigenvalue weighted by molar-refractivity contribution is 0.627. The van der Waals surface area contributed by atoms with Gasteiger partial charge in [-0.1, -0.05) is 54.2 Å². The topological polar surface area (TPSA) is 96.4 Å². The fraction of sp³-hybridized carbons (Fsp3) is 0.0833. The van der Waals surface area contributed by atoms with E-state index in [4.69, 9.17) is 0 Å². The molecule has 2 heterocycles. The molecule has 0 radical (unpaired) electrons. The Bertz CT molecular complexity index is 1520. The van der Waals surface area contributed by atoms with Crippen molar-refractivity contribution in [2.75, 3.05) is 0 Å². The molecule has 0 saturated heterocycles. The molecule has 0 aliphatic heterocycles. The van der Waals surface area contributed by atoms with Gasteiger partial charge in [0.25, 0.3) is 5.56 Å². The summed E-state index contributed by atoms with van der Waals surface area (Å²) in [4.78, 5) is 28.1. The number of fused-ring (bicyclic) bond motifs is 1. The molecule has 0 bridgehead atoms. The van der Waals surface area contributed by atoms with E-state index < -0.39 is 11.2 Å². The lowest BCUT2D eigenvalue weighted by Crippen LogP contribution is -2.23. The van der Waals surface area contributed by atoms with Crippen molar-refractivity contribution in [1.29, 1.82) is 0 Å². The van der Waals surface area contributed by atoms with E-state index in [1.54, 1.807) is 12.1 Å². The Morgan fingerprint density at radius 3 is 2.52 bits per heavy atom. The van der Waals surface area contributed by atoms with Crippen LogP contribution in [-0.4, -0.2) is 24.7 Å². The first kappa shape index (κ1) is 20.9. The quantitative estimate of drug-likeness (QED) is 0.377. The number of halogens is 1. The second-order valence-electron chi connectivity index (χ2n) is 7.43. The van der Waals surface area contributed by atoms with Crippen molar-refractivity contribution < 1.29 is 4.39 Å². The zero-order valence-electron chi connectivity index (χ0n) is 17.3. The van der Waals surface area contributed by atoms with E-state index in [-0.39, 0.29) is 12.2 Å². The van der Waals surface area contributed by atoms with Gasteiger partial charge in [-0.2, -0.15) is 0 Å². The van der Waals surface area contributed by atoms with Gasteiger partial charge in [-0.05, 0) is 40.6 Å². The van der Waals surface area contributed by atoms with E-state index in [1.165, 1.54) is 35.3 Å². The summed E-state index contributed by atoms with van der Waals surface area (Å²) in [6.45, 7) is 0. The molecule has 164 valence electrons. The van der Waals surface area contributed by atoms with Gasteiger partial charge in [0.2, 0.25) is 0 Å². The second kappa shape index (κ2) is 8.87. The summed E-state index contributed by atoms with van der Waals surface area (Å²) in [6, 6.07) is 21.7. The molecule has 2 N–H and O–H groups in total. The van der Waals surface area contributed by atoms with E-state index in [2.05, 4.69) is 44.4 Å². The molecule has 7 nitrogen and oxygen atoms in total. The molecule has 0 unspecified atom stereocenters. The third-order valence-electron chi connectivity index (χ3n) is 5.19. The first-order valence-corrected chi connectivity index (χ1v) is 11.2. The van der Waals surface area contributed by atoms with E-state index >= 15 is 0 Å². The van der Waals surface area contributed by atoms with Crippen molar-refractivity contribution in [2.24, 2.45) is 0 Å². The van der Waals surface area contributed by atoms with Crippen LogP contribution in [0, 0.1) is 5.82 Å². The number of hydrogen-bond donors (Lipinski definition) is 2. The van der Waals surface area contributed by atoms with Gasteiger partial charge >= 0.3 is 5.69 Å². The Labute approximate surface area is 191 Å². The maximum absolute atomic E-state index is 13.6. The molecule has 5 aromatic rings. The number of thioether (sulfide) groups is 1. The van der Waals surface area contributed by atoms with Crippen LogP contribution >= 0.6 is 11.8 Å². The highest BCUT2D eigenvalue weighted by atomic mass is 32.2. The molecular weight excluding hydrogens is 441 g/mol. The minimum Gasteiger partial charge on any atom is -0.311 e. The Morgan fingerprint density at radius 2 is 1.70 bits per heavy atom. The summed E-state index contributed by atoms with van der Waals surface area (Å²) in [5.74, 6) is 0.822. The van der Waals surface area contributed by atoms with Crippen LogP contribution in [0.15, 0.2) is 87.5 Å². The zero-order chi connectivity index (χ0) is 22.8. The molecule has 2 aromatic heterocycles. The Balaban J connectivity index is 1.52. The van der Waals surface area contributed by atoms with Crippen LogP contribution in [0.4, 0.5) is 4.39 Å². The number of H-pyrrole nitrogens is 2. The van der Waals surface area contributed by atoms with E-state index in [0.29, 0.717) is 28.1 Å². The van der Waals surface area contributed by atoms with Gasteiger partial charge in [-0.3, -0.25) is 14.3 Å². The standard InChI is InChI=1S/C24H18FN5O2S/c25-17-8-10-19(11-9-17)30-21(12-18-13-22(31)27-23(32)26-18)28-29-24(30)33-14-16-6-3-5-15-4-1-2-7-20(15)16/h1-11,13H,12,14H2,(H2,26,27,31,32). The van der Waals surface area contributed by atoms with Crippen LogP contribution in [0.1, 0.15) is 17.1 Å². The SMILES string of the molecule is O=c1cc(Cc2nnc(SCc3cccc4ccccc34)n2-c2ccc(F)cc2)[nH]c(=O)[nH]1. The molecule has 5 rings (SSSR count). The molecule has 33 heavy (non-hydrogen) atoms. The number of aromatic nitrogens is 5. The summed E-state index contributed by atoms with van der Waals surface area (Å²) in [7, 11) is 0. The third-order valence-corrected chi connectivity index (χ3v) is 6.16. The normalized spacial score (nSPS) is 11.2. The van der Waals surface area contributed by atoms with Crippen molar-refractivity contribution in [1.82, 2.24) is 24.7 Å². The highest BCUT2D eigenvalue weighted by Crippen LogP contribution is 2.29. The van der Waals surface area contributed by atoms with Gasteiger partial charge in [0.05, 0.1) is 0 Å². The van der Waals surface area contributed by atoms with Gasteiger partial charge in [-0.15, -0.1) is 10.2 Å². The maximum atomic E-state index is 13.6. The fourth-order valence-corrected chi connectivity index (χ4v) is 4.68. The maximum Gasteiger partial charge on any atom is 0.325 e. The third kappa shape index (κ3) is 4.49. The molecule has 0 amide bonds. The minimum absolute atomic E-state index is 0.179. The van der Waals surface area contributed by atoms with Crippen LogP contribution in [0.2, 0.25) is 0 Å². The number of nitrogens with zero attached hydrogens (tertiary/aromatic N) is 3. The summed E-state index contributed by atoms with van der Waals surface area (Å²) in [5.41, 5.74) is 1.17. The molecular formula is C24H18FN5O2S. The fourth-order valence-electron chi connectivity index (χ4n) is 3.70. The van der Waals surface area contributed by atoms with Crippen LogP contribution < -0.4 is 11.2 Å². The van der Waals surface area contributed by atoms with E-state index in [1.807, 2.05) is 22.8 Å². The lowest BCUT2D eigenvalue weighted by atomic mass is 10.1. The van der Waals surface area contributed by atoms with Crippen molar-refractivity contribution >= 4 is 22.5 Å². The minimum atomic E-state index is -0.587. The molecule has 0 saturated carbocycles. The molecule has 9 heteroatoms. The zero-order valence-corrected chi connectivity index (χ0v) is 18.1. The average molecular weight is 460 g/mol. The lowest BCUT2D eigenvalue weighted by Gasteiger charge is -2.11. The van der Waals surface area contributed by atoms with Gasteiger partial charge in [-0.25, -0.2) is 9.18 Å². The molecule has 0 atom stereocenters. The van der Waals surface area contributed by atoms with Crippen LogP contribution in [0.25, 0.3) is 16.5 Å². The predicted octanol–water partition coefficient (Wildman–Crippen LogP) is 3.82. The number of nitrogens with one attached hydrogen (secondary N) is 2. The summed E-state index contributed by atoms with van der Waals surface area (Å²) in [6.07, 6.45) is 0.179. The summed E-state index contributed by atoms with van der Waals surface area (Å²) in [5, 5.41) is 11.6. The largest absolute Gasteiger partial charge is 0.325 e. The van der Waals surface area contributed by atoms with E-state index in [0.717, 1.165) is 10.9 Å². The van der Waals surface area contributed by atoms with Crippen molar-refractivity contribution in [3.8, 4) is 5.69 Å².